The summed E-state index contributed by atoms with van der Waals surface area (Å²) in [5.74, 6) is 1.01. The van der Waals surface area contributed by atoms with Crippen LogP contribution in [0.3, 0.4) is 0 Å². The number of hydrogen-bond donors (Lipinski definition) is 1. The zero-order valence-corrected chi connectivity index (χ0v) is 10.8. The van der Waals surface area contributed by atoms with E-state index in [0.29, 0.717) is 11.5 Å². The standard InChI is InChI=1S/C13H17NO4/c1-16-10-6-8-4-5-14-12(13(15)18-3)9(8)7-11(10)17-2/h6-7,12,14H,4-5H2,1-3H3/t12-/m1/s1. The van der Waals surface area contributed by atoms with Gasteiger partial charge in [0.2, 0.25) is 0 Å². The Morgan fingerprint density at radius 3 is 2.50 bits per heavy atom. The fraction of sp³-hybridized carbons (Fsp3) is 0.462. The number of nitrogens with one attached hydrogen (secondary N) is 1. The van der Waals surface area contributed by atoms with Gasteiger partial charge in [0.05, 0.1) is 21.3 Å². The van der Waals surface area contributed by atoms with Crippen molar-refractivity contribution in [3.63, 3.8) is 0 Å². The molecule has 1 heterocycles. The predicted molar refractivity (Wildman–Crippen MR) is 66.0 cm³/mol. The van der Waals surface area contributed by atoms with E-state index in [1.54, 1.807) is 14.2 Å². The van der Waals surface area contributed by atoms with Gasteiger partial charge in [-0.15, -0.1) is 0 Å². The van der Waals surface area contributed by atoms with Crippen molar-refractivity contribution in [1.82, 2.24) is 5.32 Å². The average Bonchev–Trinajstić information content (AvgIpc) is 2.44. The fourth-order valence-electron chi connectivity index (χ4n) is 2.21. The zero-order valence-electron chi connectivity index (χ0n) is 10.8. The van der Waals surface area contributed by atoms with E-state index >= 15 is 0 Å². The summed E-state index contributed by atoms with van der Waals surface area (Å²) < 4.78 is 15.3. The highest BCUT2D eigenvalue weighted by Gasteiger charge is 2.28. The first-order valence-electron chi connectivity index (χ1n) is 5.77. The van der Waals surface area contributed by atoms with Crippen LogP contribution in [0.25, 0.3) is 0 Å². The Hall–Kier alpha value is -1.75. The molecule has 0 fully saturated rings. The molecule has 1 N–H and O–H groups in total. The van der Waals surface area contributed by atoms with E-state index < -0.39 is 6.04 Å². The summed E-state index contributed by atoms with van der Waals surface area (Å²) in [5.41, 5.74) is 1.98. The minimum Gasteiger partial charge on any atom is -0.493 e. The van der Waals surface area contributed by atoms with Crippen molar-refractivity contribution in [1.29, 1.82) is 0 Å². The molecule has 5 heteroatoms. The van der Waals surface area contributed by atoms with Crippen molar-refractivity contribution in [2.24, 2.45) is 0 Å². The van der Waals surface area contributed by atoms with Crippen molar-refractivity contribution in [3.8, 4) is 11.5 Å². The Kier molecular flexibility index (Phi) is 3.72. The number of hydrogen-bond acceptors (Lipinski definition) is 5. The van der Waals surface area contributed by atoms with Gasteiger partial charge < -0.3 is 19.5 Å². The average molecular weight is 251 g/mol. The molecule has 1 aromatic carbocycles. The number of carbonyl (C=O) groups excluding carboxylic acids is 1. The highest BCUT2D eigenvalue weighted by Crippen LogP contribution is 2.35. The molecule has 0 aromatic heterocycles. The summed E-state index contributed by atoms with van der Waals surface area (Å²) in [6.07, 6.45) is 0.850. The lowest BCUT2D eigenvalue weighted by atomic mass is 9.93. The van der Waals surface area contributed by atoms with Crippen molar-refractivity contribution < 1.29 is 19.0 Å². The summed E-state index contributed by atoms with van der Waals surface area (Å²) in [5, 5.41) is 3.14. The molecule has 5 nitrogen and oxygen atoms in total. The van der Waals surface area contributed by atoms with Crippen LogP contribution in [-0.2, 0) is 16.0 Å². The number of esters is 1. The third-order valence-corrected chi connectivity index (χ3v) is 3.14. The van der Waals surface area contributed by atoms with Crippen LogP contribution in [0.15, 0.2) is 12.1 Å². The maximum atomic E-state index is 11.7. The molecule has 0 unspecified atom stereocenters. The van der Waals surface area contributed by atoms with Crippen LogP contribution >= 0.6 is 0 Å². The van der Waals surface area contributed by atoms with Crippen molar-refractivity contribution >= 4 is 5.97 Å². The van der Waals surface area contributed by atoms with Crippen molar-refractivity contribution in [2.45, 2.75) is 12.5 Å². The van der Waals surface area contributed by atoms with Crippen LogP contribution in [0.4, 0.5) is 0 Å². The Balaban J connectivity index is 2.46. The summed E-state index contributed by atoms with van der Waals surface area (Å²) in [4.78, 5) is 11.7. The van der Waals surface area contributed by atoms with Crippen LogP contribution in [-0.4, -0.2) is 33.8 Å². The molecule has 1 aliphatic rings. The normalized spacial score (nSPS) is 17.8. The lowest BCUT2D eigenvalue weighted by Gasteiger charge is -2.26. The zero-order chi connectivity index (χ0) is 13.1. The Morgan fingerprint density at radius 1 is 1.22 bits per heavy atom. The number of methoxy groups -OCH3 is 3. The molecule has 1 aromatic rings. The Bertz CT molecular complexity index is 459. The van der Waals surface area contributed by atoms with Gasteiger partial charge in [-0.25, -0.2) is 4.79 Å². The molecule has 0 bridgehead atoms. The molecule has 0 aliphatic carbocycles. The van der Waals surface area contributed by atoms with Crippen LogP contribution in [0.2, 0.25) is 0 Å². The number of rotatable bonds is 3. The second kappa shape index (κ2) is 5.27. The molecular formula is C13H17NO4. The molecule has 98 valence electrons. The lowest BCUT2D eigenvalue weighted by molar-refractivity contribution is -0.143. The number of ether oxygens (including phenoxy) is 3. The smallest absolute Gasteiger partial charge is 0.327 e. The summed E-state index contributed by atoms with van der Waals surface area (Å²) >= 11 is 0. The van der Waals surface area contributed by atoms with Crippen LogP contribution in [0.1, 0.15) is 17.2 Å². The topological polar surface area (TPSA) is 56.8 Å². The molecule has 1 aliphatic heterocycles. The minimum absolute atomic E-state index is 0.289. The third-order valence-electron chi connectivity index (χ3n) is 3.14. The Labute approximate surface area is 106 Å². The summed E-state index contributed by atoms with van der Waals surface area (Å²) in [6, 6.07) is 3.32. The number of fused-ring (bicyclic) bond motifs is 1. The van der Waals surface area contributed by atoms with Crippen LogP contribution in [0, 0.1) is 0 Å². The lowest BCUT2D eigenvalue weighted by Crippen LogP contribution is -2.35. The molecular weight excluding hydrogens is 234 g/mol. The molecule has 0 saturated carbocycles. The maximum Gasteiger partial charge on any atom is 0.327 e. The van der Waals surface area contributed by atoms with E-state index in [1.165, 1.54) is 7.11 Å². The molecule has 1 atom stereocenters. The van der Waals surface area contributed by atoms with Crippen LogP contribution < -0.4 is 14.8 Å². The molecule has 0 amide bonds. The molecule has 2 rings (SSSR count). The van der Waals surface area contributed by atoms with Gasteiger partial charge in [-0.1, -0.05) is 0 Å². The van der Waals surface area contributed by atoms with E-state index in [9.17, 15) is 4.79 Å². The summed E-state index contributed by atoms with van der Waals surface area (Å²) in [6.45, 7) is 0.738. The van der Waals surface area contributed by atoms with Gasteiger partial charge in [-0.2, -0.15) is 0 Å². The first-order chi connectivity index (χ1) is 8.71. The second-order valence-corrected chi connectivity index (χ2v) is 4.07. The molecule has 18 heavy (non-hydrogen) atoms. The number of benzene rings is 1. The van der Waals surface area contributed by atoms with E-state index in [1.807, 2.05) is 12.1 Å². The largest absolute Gasteiger partial charge is 0.493 e. The second-order valence-electron chi connectivity index (χ2n) is 4.07. The molecule has 0 radical (unpaired) electrons. The Morgan fingerprint density at radius 2 is 1.89 bits per heavy atom. The predicted octanol–water partition coefficient (Wildman–Crippen LogP) is 1.06. The SMILES string of the molecule is COC(=O)[C@@H]1NCCc2cc(OC)c(OC)cc21. The van der Waals surface area contributed by atoms with Gasteiger partial charge in [0.1, 0.15) is 6.04 Å². The monoisotopic (exact) mass is 251 g/mol. The first-order valence-corrected chi connectivity index (χ1v) is 5.77. The van der Waals surface area contributed by atoms with Gasteiger partial charge in [0.25, 0.3) is 0 Å². The highest BCUT2D eigenvalue weighted by molar-refractivity contribution is 5.79. The van der Waals surface area contributed by atoms with E-state index in [4.69, 9.17) is 14.2 Å². The van der Waals surface area contributed by atoms with Gasteiger partial charge in [0, 0.05) is 6.54 Å². The van der Waals surface area contributed by atoms with E-state index in [0.717, 1.165) is 24.1 Å². The number of carbonyl (C=O) groups is 1. The van der Waals surface area contributed by atoms with Gasteiger partial charge >= 0.3 is 5.97 Å². The van der Waals surface area contributed by atoms with E-state index in [2.05, 4.69) is 5.32 Å². The van der Waals surface area contributed by atoms with Crippen molar-refractivity contribution in [2.75, 3.05) is 27.9 Å². The maximum absolute atomic E-state index is 11.7. The first kappa shape index (κ1) is 12.7. The van der Waals surface area contributed by atoms with Gasteiger partial charge in [0.15, 0.2) is 11.5 Å². The fourth-order valence-corrected chi connectivity index (χ4v) is 2.21. The molecule has 0 saturated heterocycles. The van der Waals surface area contributed by atoms with Gasteiger partial charge in [-0.05, 0) is 29.7 Å². The summed E-state index contributed by atoms with van der Waals surface area (Å²) in [7, 11) is 4.57. The highest BCUT2D eigenvalue weighted by atomic mass is 16.5. The third kappa shape index (κ3) is 2.13. The van der Waals surface area contributed by atoms with Crippen molar-refractivity contribution in [3.05, 3.63) is 23.3 Å². The quantitative estimate of drug-likeness (QED) is 0.814. The van der Waals surface area contributed by atoms with Gasteiger partial charge in [-0.3, -0.25) is 0 Å². The minimum atomic E-state index is -0.432. The van der Waals surface area contributed by atoms with Crippen LogP contribution in [0.5, 0.6) is 11.5 Å². The van der Waals surface area contributed by atoms with E-state index in [-0.39, 0.29) is 5.97 Å². The molecule has 0 spiro atoms.